The molecule has 2 aliphatic rings. The van der Waals surface area contributed by atoms with E-state index in [-0.39, 0.29) is 29.9 Å². The van der Waals surface area contributed by atoms with Crippen molar-refractivity contribution >= 4 is 23.3 Å². The van der Waals surface area contributed by atoms with Gasteiger partial charge < -0.3 is 4.90 Å². The second-order valence-corrected chi connectivity index (χ2v) is 9.28. The number of hydrogen-bond acceptors (Lipinski definition) is 5. The Bertz CT molecular complexity index is 776. The predicted octanol–water partition coefficient (Wildman–Crippen LogP) is 6.16. The molecule has 1 saturated heterocycles. The minimum atomic E-state index is -0.917. The number of allylic oxidation sites excluding steroid dienone is 1. The number of ketones is 2. The zero-order valence-electron chi connectivity index (χ0n) is 21.7. The van der Waals surface area contributed by atoms with E-state index in [0.29, 0.717) is 17.8 Å². The lowest BCUT2D eigenvalue weighted by molar-refractivity contribution is -0.124. The fourth-order valence-corrected chi connectivity index (χ4v) is 4.40. The fourth-order valence-electron chi connectivity index (χ4n) is 3.31. The van der Waals surface area contributed by atoms with Crippen molar-refractivity contribution in [2.75, 3.05) is 25.9 Å². The Morgan fingerprint density at radius 2 is 1.73 bits per heavy atom. The van der Waals surface area contributed by atoms with Crippen LogP contribution in [0.15, 0.2) is 30.0 Å². The van der Waals surface area contributed by atoms with Crippen molar-refractivity contribution in [2.24, 2.45) is 11.8 Å². The molecule has 2 aliphatic heterocycles. The Morgan fingerprint density at radius 3 is 2.12 bits per heavy atom. The van der Waals surface area contributed by atoms with Crippen molar-refractivity contribution in [3.8, 4) is 0 Å². The van der Waals surface area contributed by atoms with Crippen LogP contribution in [0.25, 0.3) is 0 Å². The standard InChI is InChI=1S/C17H19F2NO2.C5H11NS.2C2H6/c1-10(2)17(22)13-7-16(11(3)21)20(9-13)8-12-4-5-14(18)15(19)6-12;1-5-6(2)3-4-7-5;2*1-2/h4-7,10,13H,8-9H2,1-3H3;5H,3-4H2,1-2H3;2*1-2H3. The molecule has 188 valence electrons. The maximum absolute atomic E-state index is 13.3. The van der Waals surface area contributed by atoms with Gasteiger partial charge in [0, 0.05) is 38.2 Å². The molecule has 33 heavy (non-hydrogen) atoms. The third-order valence-corrected chi connectivity index (χ3v) is 6.45. The summed E-state index contributed by atoms with van der Waals surface area (Å²) in [6.07, 6.45) is 1.69. The Hall–Kier alpha value is -1.73. The first-order valence-electron chi connectivity index (χ1n) is 11.9. The third-order valence-electron chi connectivity index (χ3n) is 5.19. The van der Waals surface area contributed by atoms with E-state index in [1.807, 2.05) is 53.3 Å². The molecular formula is C26H42F2N2O2S. The van der Waals surface area contributed by atoms with Crippen LogP contribution in [0.3, 0.4) is 0 Å². The Labute approximate surface area is 203 Å². The van der Waals surface area contributed by atoms with E-state index in [4.69, 9.17) is 0 Å². The molecule has 7 heteroatoms. The van der Waals surface area contributed by atoms with Crippen molar-refractivity contribution in [1.29, 1.82) is 0 Å². The van der Waals surface area contributed by atoms with Gasteiger partial charge in [-0.3, -0.25) is 14.5 Å². The summed E-state index contributed by atoms with van der Waals surface area (Å²) in [7, 11) is 2.17. The average Bonchev–Trinajstić information content (AvgIpc) is 3.39. The number of carbonyl (C=O) groups is 2. The van der Waals surface area contributed by atoms with E-state index in [9.17, 15) is 18.4 Å². The van der Waals surface area contributed by atoms with E-state index in [1.54, 1.807) is 11.0 Å². The highest BCUT2D eigenvalue weighted by molar-refractivity contribution is 8.00. The van der Waals surface area contributed by atoms with Gasteiger partial charge in [-0.05, 0) is 37.7 Å². The summed E-state index contributed by atoms with van der Waals surface area (Å²) in [4.78, 5) is 28.0. The highest BCUT2D eigenvalue weighted by Crippen LogP contribution is 2.26. The Kier molecular flexibility index (Phi) is 15.2. The fraction of sp³-hybridized carbons (Fsp3) is 0.615. The van der Waals surface area contributed by atoms with Crippen molar-refractivity contribution in [3.05, 3.63) is 47.2 Å². The topological polar surface area (TPSA) is 40.6 Å². The van der Waals surface area contributed by atoms with Crippen LogP contribution in [-0.4, -0.2) is 52.6 Å². The lowest BCUT2D eigenvalue weighted by atomic mass is 9.96. The molecule has 1 fully saturated rings. The van der Waals surface area contributed by atoms with Gasteiger partial charge >= 0.3 is 0 Å². The molecule has 2 unspecified atom stereocenters. The summed E-state index contributed by atoms with van der Waals surface area (Å²) < 4.78 is 26.3. The molecule has 0 aliphatic carbocycles. The number of rotatable bonds is 5. The first-order chi connectivity index (χ1) is 15.6. The molecule has 0 amide bonds. The van der Waals surface area contributed by atoms with Crippen molar-refractivity contribution < 1.29 is 18.4 Å². The Balaban J connectivity index is 0.000000776. The van der Waals surface area contributed by atoms with Gasteiger partial charge in [0.1, 0.15) is 5.78 Å². The molecule has 3 rings (SSSR count). The van der Waals surface area contributed by atoms with Gasteiger partial charge in [-0.25, -0.2) is 8.78 Å². The monoisotopic (exact) mass is 484 g/mol. The largest absolute Gasteiger partial charge is 0.364 e. The van der Waals surface area contributed by atoms with Gasteiger partial charge in [-0.2, -0.15) is 0 Å². The zero-order valence-corrected chi connectivity index (χ0v) is 22.6. The predicted molar refractivity (Wildman–Crippen MR) is 136 cm³/mol. The zero-order chi connectivity index (χ0) is 25.7. The summed E-state index contributed by atoms with van der Waals surface area (Å²) in [5.41, 5.74) is 1.02. The molecule has 1 aromatic rings. The molecule has 0 spiro atoms. The summed E-state index contributed by atoms with van der Waals surface area (Å²) >= 11 is 2.03. The first-order valence-corrected chi connectivity index (χ1v) is 12.9. The Morgan fingerprint density at radius 1 is 1.12 bits per heavy atom. The highest BCUT2D eigenvalue weighted by atomic mass is 32.2. The third kappa shape index (κ3) is 9.97. The number of hydrogen-bond donors (Lipinski definition) is 0. The normalized spacial score (nSPS) is 19.5. The summed E-state index contributed by atoms with van der Waals surface area (Å²) in [6.45, 7) is 17.3. The minimum absolute atomic E-state index is 0.0755. The van der Waals surface area contributed by atoms with Gasteiger partial charge in [0.25, 0.3) is 0 Å². The van der Waals surface area contributed by atoms with Crippen LogP contribution in [0.4, 0.5) is 8.78 Å². The van der Waals surface area contributed by atoms with Crippen LogP contribution in [0.2, 0.25) is 0 Å². The van der Waals surface area contributed by atoms with E-state index in [0.717, 1.165) is 17.5 Å². The van der Waals surface area contributed by atoms with Crippen LogP contribution in [0, 0.1) is 23.5 Å². The highest BCUT2D eigenvalue weighted by Gasteiger charge is 2.31. The smallest absolute Gasteiger partial charge is 0.175 e. The number of halogens is 2. The maximum atomic E-state index is 13.3. The van der Waals surface area contributed by atoms with E-state index in [2.05, 4.69) is 18.9 Å². The van der Waals surface area contributed by atoms with Crippen molar-refractivity contribution in [3.63, 3.8) is 0 Å². The van der Waals surface area contributed by atoms with E-state index < -0.39 is 11.6 Å². The summed E-state index contributed by atoms with van der Waals surface area (Å²) in [5, 5.41) is 0.764. The van der Waals surface area contributed by atoms with Gasteiger partial charge in [-0.1, -0.05) is 47.6 Å². The van der Waals surface area contributed by atoms with Crippen LogP contribution < -0.4 is 0 Å². The van der Waals surface area contributed by atoms with Gasteiger partial charge in [0.05, 0.1) is 17.0 Å². The second kappa shape index (κ2) is 16.0. The number of nitrogens with zero attached hydrogens (tertiary/aromatic N) is 2. The van der Waals surface area contributed by atoms with Crippen LogP contribution in [-0.2, 0) is 16.1 Å². The molecule has 2 heterocycles. The molecule has 2 atom stereocenters. The van der Waals surface area contributed by atoms with Gasteiger partial charge in [-0.15, -0.1) is 11.8 Å². The quantitative estimate of drug-likeness (QED) is 0.501. The molecular weight excluding hydrogens is 442 g/mol. The van der Waals surface area contributed by atoms with Crippen LogP contribution >= 0.6 is 11.8 Å². The molecule has 4 nitrogen and oxygen atoms in total. The van der Waals surface area contributed by atoms with Crippen LogP contribution in [0.1, 0.15) is 61.0 Å². The maximum Gasteiger partial charge on any atom is 0.175 e. The van der Waals surface area contributed by atoms with Gasteiger partial charge in [0.2, 0.25) is 0 Å². The molecule has 0 N–H and O–H groups in total. The number of Topliss-reactive ketones (excluding diaryl/α,β-unsaturated/α-hetero) is 2. The molecule has 0 aromatic heterocycles. The van der Waals surface area contributed by atoms with Gasteiger partial charge in [0.15, 0.2) is 17.4 Å². The number of carbonyl (C=O) groups excluding carboxylic acids is 2. The molecule has 1 aromatic carbocycles. The van der Waals surface area contributed by atoms with Crippen LogP contribution in [0.5, 0.6) is 0 Å². The minimum Gasteiger partial charge on any atom is -0.364 e. The summed E-state index contributed by atoms with van der Waals surface area (Å²) in [5.74, 6) is -1.01. The molecule has 0 saturated carbocycles. The second-order valence-electron chi connectivity index (χ2n) is 7.85. The lowest BCUT2D eigenvalue weighted by Gasteiger charge is -2.22. The lowest BCUT2D eigenvalue weighted by Crippen LogP contribution is -2.28. The molecule has 0 bridgehead atoms. The first kappa shape index (κ1) is 31.3. The van der Waals surface area contributed by atoms with Crippen molar-refractivity contribution in [1.82, 2.24) is 9.80 Å². The van der Waals surface area contributed by atoms with E-state index in [1.165, 1.54) is 25.3 Å². The SMILES string of the molecule is CC.CC.CC(=O)C1=CC(C(=O)C(C)C)CN1Cc1ccc(F)c(F)c1.CC1SCCN1C. The average molecular weight is 485 g/mol. The molecule has 0 radical (unpaired) electrons. The van der Waals surface area contributed by atoms with Crippen molar-refractivity contribution in [2.45, 2.75) is 67.3 Å². The number of thioether (sulfide) groups is 1. The summed E-state index contributed by atoms with van der Waals surface area (Å²) in [6, 6.07) is 3.66. The van der Waals surface area contributed by atoms with E-state index >= 15 is 0 Å². The number of benzene rings is 1.